The monoisotopic (exact) mass is 333 g/mol. The van der Waals surface area contributed by atoms with Gasteiger partial charge in [0.05, 0.1) is 13.2 Å². The van der Waals surface area contributed by atoms with Gasteiger partial charge in [0.25, 0.3) is 5.91 Å². The van der Waals surface area contributed by atoms with Crippen LogP contribution in [0.25, 0.3) is 0 Å². The number of anilines is 1. The first-order valence-corrected chi connectivity index (χ1v) is 8.28. The third-order valence-corrected chi connectivity index (χ3v) is 4.39. The van der Waals surface area contributed by atoms with E-state index in [1.807, 2.05) is 4.90 Å². The number of aryl methyl sites for hydroxylation is 1. The molecule has 0 bridgehead atoms. The summed E-state index contributed by atoms with van der Waals surface area (Å²) in [6, 6.07) is 1.76. The Balaban J connectivity index is 1.74. The fraction of sp³-hybridized carbons (Fsp3) is 0.625. The van der Waals surface area contributed by atoms with Gasteiger partial charge in [-0.25, -0.2) is 9.97 Å². The van der Waals surface area contributed by atoms with E-state index in [9.17, 15) is 9.59 Å². The van der Waals surface area contributed by atoms with Crippen molar-refractivity contribution in [2.45, 2.75) is 13.8 Å². The third-order valence-electron chi connectivity index (χ3n) is 4.39. The summed E-state index contributed by atoms with van der Waals surface area (Å²) in [5.74, 6) is 1.35. The van der Waals surface area contributed by atoms with E-state index >= 15 is 0 Å². The van der Waals surface area contributed by atoms with Gasteiger partial charge in [0.1, 0.15) is 17.3 Å². The summed E-state index contributed by atoms with van der Waals surface area (Å²) in [5, 5.41) is 0. The van der Waals surface area contributed by atoms with Crippen LogP contribution in [0.1, 0.15) is 23.2 Å². The number of amides is 2. The van der Waals surface area contributed by atoms with E-state index < -0.39 is 0 Å². The van der Waals surface area contributed by atoms with E-state index in [-0.39, 0.29) is 11.8 Å². The summed E-state index contributed by atoms with van der Waals surface area (Å²) in [4.78, 5) is 38.5. The first kappa shape index (κ1) is 16.6. The van der Waals surface area contributed by atoms with Gasteiger partial charge in [0.15, 0.2) is 0 Å². The van der Waals surface area contributed by atoms with Gasteiger partial charge in [-0.05, 0) is 6.92 Å². The fourth-order valence-electron chi connectivity index (χ4n) is 3.00. The highest BCUT2D eigenvalue weighted by Gasteiger charge is 2.24. The topological polar surface area (TPSA) is 78.9 Å². The number of carbonyl (C=O) groups is 2. The number of morpholine rings is 1. The zero-order valence-electron chi connectivity index (χ0n) is 14.2. The molecular weight excluding hydrogens is 310 g/mol. The summed E-state index contributed by atoms with van der Waals surface area (Å²) in [6.07, 6.45) is 0. The van der Waals surface area contributed by atoms with Crippen LogP contribution in [0.2, 0.25) is 0 Å². The molecule has 2 amide bonds. The van der Waals surface area contributed by atoms with Gasteiger partial charge in [-0.1, -0.05) is 0 Å². The van der Waals surface area contributed by atoms with Crippen molar-refractivity contribution in [3.8, 4) is 0 Å². The van der Waals surface area contributed by atoms with Crippen molar-refractivity contribution in [3.05, 3.63) is 17.6 Å². The summed E-state index contributed by atoms with van der Waals surface area (Å²) in [5.41, 5.74) is 0.424. The van der Waals surface area contributed by atoms with Crippen molar-refractivity contribution in [1.29, 1.82) is 0 Å². The van der Waals surface area contributed by atoms with Crippen molar-refractivity contribution in [2.75, 3.05) is 57.4 Å². The molecule has 1 aromatic heterocycles. The molecule has 0 saturated carbocycles. The molecule has 0 aliphatic carbocycles. The van der Waals surface area contributed by atoms with Crippen LogP contribution in [0.4, 0.5) is 5.82 Å². The lowest BCUT2D eigenvalue weighted by atomic mass is 10.2. The molecule has 2 aliphatic heterocycles. The predicted molar refractivity (Wildman–Crippen MR) is 88.0 cm³/mol. The Labute approximate surface area is 141 Å². The van der Waals surface area contributed by atoms with Crippen molar-refractivity contribution in [1.82, 2.24) is 19.8 Å². The number of piperazine rings is 1. The molecule has 1 aromatic rings. The van der Waals surface area contributed by atoms with Crippen molar-refractivity contribution in [2.24, 2.45) is 0 Å². The van der Waals surface area contributed by atoms with Crippen molar-refractivity contribution < 1.29 is 14.3 Å². The Hall–Kier alpha value is -2.22. The normalized spacial score (nSPS) is 18.7. The first-order valence-electron chi connectivity index (χ1n) is 8.28. The minimum atomic E-state index is -0.0765. The molecule has 0 radical (unpaired) electrons. The molecule has 3 rings (SSSR count). The molecule has 8 heteroatoms. The Morgan fingerprint density at radius 3 is 2.29 bits per heavy atom. The molecule has 3 heterocycles. The minimum absolute atomic E-state index is 0.0765. The lowest BCUT2D eigenvalue weighted by molar-refractivity contribution is -0.129. The van der Waals surface area contributed by atoms with Gasteiger partial charge in [0, 0.05) is 52.3 Å². The molecule has 2 aliphatic rings. The third kappa shape index (κ3) is 3.64. The Morgan fingerprint density at radius 1 is 1.00 bits per heavy atom. The van der Waals surface area contributed by atoms with E-state index in [1.54, 1.807) is 24.8 Å². The number of ether oxygens (including phenoxy) is 1. The molecule has 0 N–H and O–H groups in total. The maximum absolute atomic E-state index is 12.6. The van der Waals surface area contributed by atoms with Crippen LogP contribution in [-0.4, -0.2) is 84.1 Å². The highest BCUT2D eigenvalue weighted by molar-refractivity contribution is 5.93. The molecule has 24 heavy (non-hydrogen) atoms. The summed E-state index contributed by atoms with van der Waals surface area (Å²) >= 11 is 0. The maximum Gasteiger partial charge on any atom is 0.272 e. The number of nitrogens with zero attached hydrogens (tertiary/aromatic N) is 5. The smallest absolute Gasteiger partial charge is 0.272 e. The molecule has 0 unspecified atom stereocenters. The molecular formula is C16H23N5O3. The van der Waals surface area contributed by atoms with Crippen molar-refractivity contribution in [3.63, 3.8) is 0 Å². The Morgan fingerprint density at radius 2 is 1.67 bits per heavy atom. The summed E-state index contributed by atoms with van der Waals surface area (Å²) in [6.45, 7) is 8.46. The fourth-order valence-corrected chi connectivity index (χ4v) is 3.00. The van der Waals surface area contributed by atoms with Gasteiger partial charge in [-0.2, -0.15) is 0 Å². The van der Waals surface area contributed by atoms with E-state index in [0.29, 0.717) is 64.0 Å². The second-order valence-electron chi connectivity index (χ2n) is 6.06. The zero-order valence-corrected chi connectivity index (χ0v) is 14.2. The van der Waals surface area contributed by atoms with Crippen LogP contribution in [0, 0.1) is 6.92 Å². The Kier molecular flexibility index (Phi) is 4.94. The van der Waals surface area contributed by atoms with E-state index in [4.69, 9.17) is 4.74 Å². The van der Waals surface area contributed by atoms with E-state index in [0.717, 1.165) is 5.82 Å². The highest BCUT2D eigenvalue weighted by Crippen LogP contribution is 2.17. The van der Waals surface area contributed by atoms with Crippen LogP contribution in [0.15, 0.2) is 6.07 Å². The standard InChI is InChI=1S/C16H23N5O3/c1-12-17-14(16(23)21-7-9-24-10-8-21)11-15(18-12)20-5-3-19(4-6-20)13(2)22/h11H,3-10H2,1-2H3. The molecule has 0 spiro atoms. The predicted octanol–water partition coefficient (Wildman–Crippen LogP) is -0.0741. The molecule has 0 atom stereocenters. The highest BCUT2D eigenvalue weighted by atomic mass is 16.5. The second kappa shape index (κ2) is 7.12. The van der Waals surface area contributed by atoms with Gasteiger partial charge in [-0.3, -0.25) is 9.59 Å². The number of hydrogen-bond acceptors (Lipinski definition) is 6. The number of carbonyl (C=O) groups excluding carboxylic acids is 2. The molecule has 130 valence electrons. The van der Waals surface area contributed by atoms with Crippen LogP contribution in [0.5, 0.6) is 0 Å². The lowest BCUT2D eigenvalue weighted by Crippen LogP contribution is -2.48. The van der Waals surface area contributed by atoms with Crippen molar-refractivity contribution >= 4 is 17.6 Å². The number of rotatable bonds is 2. The molecule has 2 fully saturated rings. The second-order valence-corrected chi connectivity index (χ2v) is 6.06. The quantitative estimate of drug-likeness (QED) is 0.754. The zero-order chi connectivity index (χ0) is 17.1. The Bertz CT molecular complexity index is 622. The summed E-state index contributed by atoms with van der Waals surface area (Å²) < 4.78 is 5.29. The largest absolute Gasteiger partial charge is 0.378 e. The number of aromatic nitrogens is 2. The first-order chi connectivity index (χ1) is 11.5. The average Bonchev–Trinajstić information content (AvgIpc) is 2.61. The molecule has 8 nitrogen and oxygen atoms in total. The lowest BCUT2D eigenvalue weighted by Gasteiger charge is -2.35. The minimum Gasteiger partial charge on any atom is -0.378 e. The average molecular weight is 333 g/mol. The van der Waals surface area contributed by atoms with Crippen LogP contribution >= 0.6 is 0 Å². The molecule has 0 aromatic carbocycles. The maximum atomic E-state index is 12.6. The van der Waals surface area contributed by atoms with E-state index in [1.165, 1.54) is 0 Å². The van der Waals surface area contributed by atoms with Gasteiger partial charge >= 0.3 is 0 Å². The SMILES string of the molecule is CC(=O)N1CCN(c2cc(C(=O)N3CCOCC3)nc(C)n2)CC1. The van der Waals surface area contributed by atoms with Crippen LogP contribution < -0.4 is 4.90 Å². The summed E-state index contributed by atoms with van der Waals surface area (Å²) in [7, 11) is 0. The van der Waals surface area contributed by atoms with Gasteiger partial charge < -0.3 is 19.4 Å². The number of hydrogen-bond donors (Lipinski definition) is 0. The van der Waals surface area contributed by atoms with Crippen LogP contribution in [0.3, 0.4) is 0 Å². The van der Waals surface area contributed by atoms with Gasteiger partial charge in [0.2, 0.25) is 5.91 Å². The van der Waals surface area contributed by atoms with Crippen LogP contribution in [-0.2, 0) is 9.53 Å². The van der Waals surface area contributed by atoms with Gasteiger partial charge in [-0.15, -0.1) is 0 Å². The molecule has 2 saturated heterocycles. The van der Waals surface area contributed by atoms with E-state index in [2.05, 4.69) is 14.9 Å².